The van der Waals surface area contributed by atoms with E-state index in [9.17, 15) is 4.79 Å². The Balaban J connectivity index is 3.12. The Morgan fingerprint density at radius 3 is 1.68 bits per heavy atom. The number of rotatable bonds is 15. The fraction of sp³-hybridized carbons (Fsp3) is 0.750. The van der Waals surface area contributed by atoms with E-state index in [4.69, 9.17) is 4.74 Å². The summed E-state index contributed by atoms with van der Waals surface area (Å²) in [6, 6.07) is 0. The zero-order chi connectivity index (χ0) is 16.3. The van der Waals surface area contributed by atoms with Crippen LogP contribution in [-0.2, 0) is 9.53 Å². The second-order valence-electron chi connectivity index (χ2n) is 5.91. The van der Waals surface area contributed by atoms with Crippen molar-refractivity contribution in [2.75, 3.05) is 6.61 Å². The maximum Gasteiger partial charge on any atom is 0.302 e. The molecule has 0 N–H and O–H groups in total. The second kappa shape index (κ2) is 18.0. The molecule has 0 saturated heterocycles. The number of hydrogen-bond donors (Lipinski definition) is 0. The maximum absolute atomic E-state index is 10.6. The molecule has 0 bridgehead atoms. The average molecular weight is 309 g/mol. The molecule has 2 heteroatoms. The number of allylic oxidation sites excluding steroid dienone is 3. The van der Waals surface area contributed by atoms with Gasteiger partial charge in [-0.25, -0.2) is 0 Å². The van der Waals surface area contributed by atoms with Crippen LogP contribution in [0.25, 0.3) is 0 Å². The lowest BCUT2D eigenvalue weighted by atomic mass is 10.1. The highest BCUT2D eigenvalue weighted by Gasteiger charge is 1.91. The van der Waals surface area contributed by atoms with Crippen molar-refractivity contribution in [2.45, 2.75) is 90.9 Å². The van der Waals surface area contributed by atoms with Gasteiger partial charge in [0.2, 0.25) is 0 Å². The van der Waals surface area contributed by atoms with E-state index in [2.05, 4.69) is 31.2 Å². The van der Waals surface area contributed by atoms with Crippen molar-refractivity contribution in [3.8, 4) is 0 Å². The van der Waals surface area contributed by atoms with Gasteiger partial charge in [-0.1, -0.05) is 69.8 Å². The topological polar surface area (TPSA) is 26.3 Å². The summed E-state index contributed by atoms with van der Waals surface area (Å²) in [6.45, 7) is 4.21. The number of unbranched alkanes of at least 4 members (excludes halogenated alkanes) is 9. The van der Waals surface area contributed by atoms with Gasteiger partial charge in [0.05, 0.1) is 6.61 Å². The normalized spacial score (nSPS) is 11.5. The van der Waals surface area contributed by atoms with Crippen molar-refractivity contribution in [2.24, 2.45) is 0 Å². The fourth-order valence-corrected chi connectivity index (χ4v) is 2.30. The summed E-state index contributed by atoms with van der Waals surface area (Å²) in [4.78, 5) is 10.6. The minimum absolute atomic E-state index is 0.190. The Bertz CT molecular complexity index is 292. The molecule has 2 nitrogen and oxygen atoms in total. The summed E-state index contributed by atoms with van der Waals surface area (Å²) in [5, 5.41) is 0. The first-order chi connectivity index (χ1) is 10.8. The predicted molar refractivity (Wildman–Crippen MR) is 96.0 cm³/mol. The summed E-state index contributed by atoms with van der Waals surface area (Å²) in [5.74, 6) is -0.190. The molecule has 22 heavy (non-hydrogen) atoms. The quantitative estimate of drug-likeness (QED) is 0.200. The first-order valence-corrected chi connectivity index (χ1v) is 9.20. The Morgan fingerprint density at radius 1 is 0.727 bits per heavy atom. The van der Waals surface area contributed by atoms with E-state index < -0.39 is 0 Å². The predicted octanol–water partition coefficient (Wildman–Crippen LogP) is 6.36. The maximum atomic E-state index is 10.6. The molecule has 0 aromatic carbocycles. The van der Waals surface area contributed by atoms with Crippen LogP contribution >= 0.6 is 0 Å². The zero-order valence-electron chi connectivity index (χ0n) is 14.8. The van der Waals surface area contributed by atoms with Crippen molar-refractivity contribution in [3.63, 3.8) is 0 Å². The van der Waals surface area contributed by atoms with E-state index in [1.807, 2.05) is 0 Å². The zero-order valence-corrected chi connectivity index (χ0v) is 14.8. The third-order valence-electron chi connectivity index (χ3n) is 3.64. The van der Waals surface area contributed by atoms with Gasteiger partial charge in [0.1, 0.15) is 0 Å². The summed E-state index contributed by atoms with van der Waals surface area (Å²) >= 11 is 0. The van der Waals surface area contributed by atoms with Crippen LogP contribution in [0, 0.1) is 0 Å². The molecule has 0 saturated carbocycles. The van der Waals surface area contributed by atoms with E-state index in [-0.39, 0.29) is 5.97 Å². The lowest BCUT2D eigenvalue weighted by Gasteiger charge is -2.00. The number of carbonyl (C=O) groups is 1. The van der Waals surface area contributed by atoms with Gasteiger partial charge in [-0.15, -0.1) is 0 Å². The SMILES string of the molecule is CCCCC=CCCCCCCCCC=CCCOC(C)=O. The Labute approximate surface area is 138 Å². The molecule has 0 aliphatic heterocycles. The van der Waals surface area contributed by atoms with Crippen LogP contribution in [0.4, 0.5) is 0 Å². The monoisotopic (exact) mass is 308 g/mol. The minimum Gasteiger partial charge on any atom is -0.466 e. The van der Waals surface area contributed by atoms with E-state index in [0.29, 0.717) is 6.61 Å². The summed E-state index contributed by atoms with van der Waals surface area (Å²) in [5.41, 5.74) is 0. The highest BCUT2D eigenvalue weighted by atomic mass is 16.5. The summed E-state index contributed by atoms with van der Waals surface area (Å²) in [7, 11) is 0. The van der Waals surface area contributed by atoms with E-state index in [1.165, 1.54) is 71.1 Å². The van der Waals surface area contributed by atoms with Crippen LogP contribution < -0.4 is 0 Å². The van der Waals surface area contributed by atoms with Gasteiger partial charge in [0.25, 0.3) is 0 Å². The molecular formula is C20H36O2. The molecule has 0 aliphatic carbocycles. The highest BCUT2D eigenvalue weighted by Crippen LogP contribution is 2.09. The Hall–Kier alpha value is -1.05. The standard InChI is InChI=1S/C20H36O2/c1-3-4-5-6-7-8-9-10-11-12-13-14-15-16-17-18-19-22-20(2)21/h6-7,16-17H,3-5,8-15,18-19H2,1-2H3. The second-order valence-corrected chi connectivity index (χ2v) is 5.91. The largest absolute Gasteiger partial charge is 0.466 e. The lowest BCUT2D eigenvalue weighted by Crippen LogP contribution is -1.98. The molecule has 0 aromatic rings. The third kappa shape index (κ3) is 18.9. The molecular weight excluding hydrogens is 272 g/mol. The Kier molecular flexibility index (Phi) is 17.1. The molecule has 0 atom stereocenters. The van der Waals surface area contributed by atoms with E-state index in [0.717, 1.165) is 12.8 Å². The van der Waals surface area contributed by atoms with Gasteiger partial charge in [0, 0.05) is 6.92 Å². The molecule has 0 unspecified atom stereocenters. The summed E-state index contributed by atoms with van der Waals surface area (Å²) in [6.07, 6.45) is 24.2. The molecule has 0 aliphatic rings. The highest BCUT2D eigenvalue weighted by molar-refractivity contribution is 5.65. The van der Waals surface area contributed by atoms with Crippen molar-refractivity contribution >= 4 is 5.97 Å². The van der Waals surface area contributed by atoms with Crippen LogP contribution in [0.2, 0.25) is 0 Å². The van der Waals surface area contributed by atoms with Gasteiger partial charge in [-0.2, -0.15) is 0 Å². The lowest BCUT2D eigenvalue weighted by molar-refractivity contribution is -0.140. The smallest absolute Gasteiger partial charge is 0.302 e. The number of hydrogen-bond acceptors (Lipinski definition) is 2. The van der Waals surface area contributed by atoms with Crippen LogP contribution in [0.3, 0.4) is 0 Å². The third-order valence-corrected chi connectivity index (χ3v) is 3.64. The molecule has 0 fully saturated rings. The summed E-state index contributed by atoms with van der Waals surface area (Å²) < 4.78 is 4.87. The number of esters is 1. The van der Waals surface area contributed by atoms with Gasteiger partial charge < -0.3 is 4.74 Å². The van der Waals surface area contributed by atoms with Gasteiger partial charge in [-0.05, 0) is 38.5 Å². The molecule has 0 aromatic heterocycles. The van der Waals surface area contributed by atoms with E-state index in [1.54, 1.807) is 0 Å². The van der Waals surface area contributed by atoms with Crippen LogP contribution in [-0.4, -0.2) is 12.6 Å². The van der Waals surface area contributed by atoms with Crippen molar-refractivity contribution in [1.82, 2.24) is 0 Å². The van der Waals surface area contributed by atoms with Gasteiger partial charge in [0.15, 0.2) is 0 Å². The molecule has 0 radical (unpaired) electrons. The van der Waals surface area contributed by atoms with Crippen LogP contribution in [0.15, 0.2) is 24.3 Å². The fourth-order valence-electron chi connectivity index (χ4n) is 2.30. The van der Waals surface area contributed by atoms with Crippen LogP contribution in [0.1, 0.15) is 90.9 Å². The molecule has 0 amide bonds. The molecule has 0 heterocycles. The number of carbonyl (C=O) groups excluding carboxylic acids is 1. The van der Waals surface area contributed by atoms with Crippen molar-refractivity contribution in [3.05, 3.63) is 24.3 Å². The minimum atomic E-state index is -0.190. The molecule has 128 valence electrons. The number of ether oxygens (including phenoxy) is 1. The first kappa shape index (κ1) is 20.9. The van der Waals surface area contributed by atoms with Gasteiger partial charge in [-0.3, -0.25) is 4.79 Å². The molecule has 0 rings (SSSR count). The molecule has 0 spiro atoms. The van der Waals surface area contributed by atoms with E-state index >= 15 is 0 Å². The first-order valence-electron chi connectivity index (χ1n) is 9.20. The van der Waals surface area contributed by atoms with Crippen molar-refractivity contribution < 1.29 is 9.53 Å². The van der Waals surface area contributed by atoms with Gasteiger partial charge >= 0.3 is 5.97 Å². The van der Waals surface area contributed by atoms with Crippen LogP contribution in [0.5, 0.6) is 0 Å². The van der Waals surface area contributed by atoms with Crippen molar-refractivity contribution in [1.29, 1.82) is 0 Å². The average Bonchev–Trinajstić information content (AvgIpc) is 2.50. The Morgan fingerprint density at radius 2 is 1.18 bits per heavy atom.